The number of carbonyl (C=O) groups excluding carboxylic acids is 2. The molecule has 190 valence electrons. The summed E-state index contributed by atoms with van der Waals surface area (Å²) in [6, 6.07) is 11.2. The van der Waals surface area contributed by atoms with Crippen LogP contribution in [0.1, 0.15) is 32.1 Å². The fraction of sp³-hybridized carbons (Fsp3) is 0.400. The Balaban J connectivity index is 1.21. The highest BCUT2D eigenvalue weighted by Gasteiger charge is 2.35. The van der Waals surface area contributed by atoms with Gasteiger partial charge < -0.3 is 19.7 Å². The summed E-state index contributed by atoms with van der Waals surface area (Å²) in [5.41, 5.74) is 1.11. The quantitative estimate of drug-likeness (QED) is 0.634. The van der Waals surface area contributed by atoms with Crippen LogP contribution in [0.25, 0.3) is 0 Å². The number of hydrogen-bond donors (Lipinski definition) is 2. The molecule has 3 heterocycles. The molecule has 1 fully saturated rings. The Morgan fingerprint density at radius 2 is 1.78 bits per heavy atom. The highest BCUT2D eigenvalue weighted by molar-refractivity contribution is 7.90. The Morgan fingerprint density at radius 1 is 1.00 bits per heavy atom. The van der Waals surface area contributed by atoms with Gasteiger partial charge in [0.1, 0.15) is 19.0 Å². The van der Waals surface area contributed by atoms with E-state index in [0.717, 1.165) is 19.3 Å². The van der Waals surface area contributed by atoms with Crippen molar-refractivity contribution in [3.05, 3.63) is 42.5 Å². The first kappa shape index (κ1) is 24.1. The van der Waals surface area contributed by atoms with Gasteiger partial charge in [0.2, 0.25) is 11.8 Å². The molecular weight excluding hydrogens is 484 g/mol. The van der Waals surface area contributed by atoms with Gasteiger partial charge in [-0.2, -0.15) is 0 Å². The third-order valence-corrected chi connectivity index (χ3v) is 7.79. The largest absolute Gasteiger partial charge is 0.486 e. The summed E-state index contributed by atoms with van der Waals surface area (Å²) in [6.45, 7) is 1.79. The Labute approximate surface area is 209 Å². The van der Waals surface area contributed by atoms with Crippen molar-refractivity contribution >= 4 is 39.0 Å². The van der Waals surface area contributed by atoms with Gasteiger partial charge in [-0.1, -0.05) is 6.42 Å². The number of amides is 2. The first-order valence-corrected chi connectivity index (χ1v) is 13.5. The minimum Gasteiger partial charge on any atom is -0.486 e. The van der Waals surface area contributed by atoms with Crippen LogP contribution in [0.2, 0.25) is 0 Å². The zero-order chi connectivity index (χ0) is 25.1. The van der Waals surface area contributed by atoms with E-state index in [0.29, 0.717) is 54.9 Å². The molecule has 0 spiro atoms. The second-order valence-electron chi connectivity index (χ2n) is 8.99. The van der Waals surface area contributed by atoms with E-state index in [1.807, 2.05) is 0 Å². The number of nitrogens with one attached hydrogen (secondary N) is 2. The maximum atomic E-state index is 12.9. The van der Waals surface area contributed by atoms with Crippen LogP contribution in [-0.4, -0.2) is 52.4 Å². The van der Waals surface area contributed by atoms with Gasteiger partial charge >= 0.3 is 0 Å². The standard InChI is InChI=1S/C25H28N4O6S/c30-24-14-17(16-29(24)19-7-10-21-22(15-19)35-13-12-34-21)25(31)27-18-5-8-20(9-6-18)36(32,33)28-23-4-2-1-3-11-26-23/h5-10,15,17H,1-4,11-14,16H2,(H,26,28)(H,27,31)/t17-/m0/s1. The van der Waals surface area contributed by atoms with Gasteiger partial charge in [-0.3, -0.25) is 19.3 Å². The summed E-state index contributed by atoms with van der Waals surface area (Å²) < 4.78 is 39.1. The van der Waals surface area contributed by atoms with E-state index in [1.165, 1.54) is 24.3 Å². The summed E-state index contributed by atoms with van der Waals surface area (Å²) in [5.74, 6) is 0.706. The molecule has 0 aromatic heterocycles. The van der Waals surface area contributed by atoms with Crippen molar-refractivity contribution in [2.45, 2.75) is 37.0 Å². The van der Waals surface area contributed by atoms with Crippen LogP contribution in [0.15, 0.2) is 52.4 Å². The molecule has 0 aliphatic carbocycles. The van der Waals surface area contributed by atoms with Crippen molar-refractivity contribution in [2.24, 2.45) is 10.9 Å². The number of ether oxygens (including phenoxy) is 2. The van der Waals surface area contributed by atoms with Crippen LogP contribution in [-0.2, 0) is 19.6 Å². The predicted molar refractivity (Wildman–Crippen MR) is 134 cm³/mol. The van der Waals surface area contributed by atoms with Gasteiger partial charge in [0, 0.05) is 43.4 Å². The molecule has 1 atom stereocenters. The maximum Gasteiger partial charge on any atom is 0.262 e. The molecule has 0 radical (unpaired) electrons. The smallest absolute Gasteiger partial charge is 0.262 e. The van der Waals surface area contributed by atoms with Gasteiger partial charge in [-0.15, -0.1) is 0 Å². The molecule has 1 saturated heterocycles. The Kier molecular flexibility index (Phi) is 6.82. The van der Waals surface area contributed by atoms with E-state index in [2.05, 4.69) is 15.0 Å². The molecule has 2 amide bonds. The lowest BCUT2D eigenvalue weighted by atomic mass is 10.1. The van der Waals surface area contributed by atoms with Crippen LogP contribution >= 0.6 is 0 Å². The molecule has 0 unspecified atom stereocenters. The topological polar surface area (TPSA) is 126 Å². The number of rotatable bonds is 5. The second-order valence-corrected chi connectivity index (χ2v) is 10.7. The number of sulfonamides is 1. The zero-order valence-electron chi connectivity index (χ0n) is 19.7. The second kappa shape index (κ2) is 10.2. The van der Waals surface area contributed by atoms with Gasteiger partial charge in [0.25, 0.3) is 10.0 Å². The normalized spacial score (nSPS) is 19.9. The molecule has 2 aromatic rings. The number of nitrogens with zero attached hydrogens (tertiary/aromatic N) is 2. The van der Waals surface area contributed by atoms with Gasteiger partial charge in [0.05, 0.1) is 10.8 Å². The van der Waals surface area contributed by atoms with Crippen LogP contribution in [0, 0.1) is 5.92 Å². The molecule has 0 saturated carbocycles. The molecular formula is C25H28N4O6S. The summed E-state index contributed by atoms with van der Waals surface area (Å²) >= 11 is 0. The average Bonchev–Trinajstić information content (AvgIpc) is 3.09. The molecule has 11 heteroatoms. The zero-order valence-corrected chi connectivity index (χ0v) is 20.6. The van der Waals surface area contributed by atoms with Crippen molar-refractivity contribution in [1.29, 1.82) is 0 Å². The Bertz CT molecular complexity index is 1290. The van der Waals surface area contributed by atoms with E-state index in [-0.39, 0.29) is 29.7 Å². The maximum absolute atomic E-state index is 12.9. The van der Waals surface area contributed by atoms with Crippen molar-refractivity contribution in [1.82, 2.24) is 4.72 Å². The van der Waals surface area contributed by atoms with Gasteiger partial charge in [-0.25, -0.2) is 8.42 Å². The predicted octanol–water partition coefficient (Wildman–Crippen LogP) is 2.70. The van der Waals surface area contributed by atoms with Crippen LogP contribution in [0.4, 0.5) is 11.4 Å². The van der Waals surface area contributed by atoms with Crippen molar-refractivity contribution < 1.29 is 27.5 Å². The highest BCUT2D eigenvalue weighted by Crippen LogP contribution is 2.36. The number of amidine groups is 1. The monoisotopic (exact) mass is 512 g/mol. The average molecular weight is 513 g/mol. The Hall–Kier alpha value is -3.60. The molecule has 2 N–H and O–H groups in total. The van der Waals surface area contributed by atoms with Crippen LogP contribution in [0.3, 0.4) is 0 Å². The lowest BCUT2D eigenvalue weighted by Crippen LogP contribution is -2.30. The molecule has 0 bridgehead atoms. The number of carbonyl (C=O) groups is 2. The molecule has 3 aliphatic rings. The summed E-state index contributed by atoms with van der Waals surface area (Å²) in [5, 5.41) is 2.79. The number of benzene rings is 2. The van der Waals surface area contributed by atoms with Gasteiger partial charge in [-0.05, 0) is 49.2 Å². The first-order valence-electron chi connectivity index (χ1n) is 12.1. The summed E-state index contributed by atoms with van der Waals surface area (Å²) in [6.07, 6.45) is 3.59. The molecule has 3 aliphatic heterocycles. The lowest BCUT2D eigenvalue weighted by molar-refractivity contribution is -0.122. The fourth-order valence-electron chi connectivity index (χ4n) is 4.47. The Morgan fingerprint density at radius 3 is 2.58 bits per heavy atom. The van der Waals surface area contributed by atoms with E-state index < -0.39 is 15.9 Å². The van der Waals surface area contributed by atoms with Crippen molar-refractivity contribution in [3.8, 4) is 11.5 Å². The molecule has 2 aromatic carbocycles. The van der Waals surface area contributed by atoms with Gasteiger partial charge in [0.15, 0.2) is 11.5 Å². The SMILES string of the molecule is O=C(Nc1ccc(S(=O)(=O)NC2=NCCCCC2)cc1)[C@H]1CC(=O)N(c2ccc3c(c2)OCCO3)C1. The fourth-order valence-corrected chi connectivity index (χ4v) is 5.55. The third kappa shape index (κ3) is 5.30. The number of hydrogen-bond acceptors (Lipinski definition) is 7. The molecule has 36 heavy (non-hydrogen) atoms. The minimum atomic E-state index is -3.75. The van der Waals surface area contributed by atoms with Crippen LogP contribution in [0.5, 0.6) is 11.5 Å². The number of anilines is 2. The van der Waals surface area contributed by atoms with Crippen LogP contribution < -0.4 is 24.4 Å². The van der Waals surface area contributed by atoms with Crippen molar-refractivity contribution in [2.75, 3.05) is 36.5 Å². The summed E-state index contributed by atoms with van der Waals surface area (Å²) in [7, 11) is -3.75. The highest BCUT2D eigenvalue weighted by atomic mass is 32.2. The van der Waals surface area contributed by atoms with E-state index in [9.17, 15) is 18.0 Å². The van der Waals surface area contributed by atoms with E-state index in [4.69, 9.17) is 9.47 Å². The molecule has 10 nitrogen and oxygen atoms in total. The van der Waals surface area contributed by atoms with E-state index >= 15 is 0 Å². The van der Waals surface area contributed by atoms with Crippen molar-refractivity contribution in [3.63, 3.8) is 0 Å². The number of aliphatic imine (C=N–C) groups is 1. The molecule has 5 rings (SSSR count). The lowest BCUT2D eigenvalue weighted by Gasteiger charge is -2.22. The minimum absolute atomic E-state index is 0.0821. The third-order valence-electron chi connectivity index (χ3n) is 6.39. The number of fused-ring (bicyclic) bond motifs is 1. The summed E-state index contributed by atoms with van der Waals surface area (Å²) in [4.78, 5) is 31.5. The van der Waals surface area contributed by atoms with E-state index in [1.54, 1.807) is 23.1 Å². The first-order chi connectivity index (χ1) is 17.4.